The highest BCUT2D eigenvalue weighted by molar-refractivity contribution is 5.89. The monoisotopic (exact) mass is 435 g/mol. The molecule has 2 heterocycles. The smallest absolute Gasteiger partial charge is 0.243 e. The van der Waals surface area contributed by atoms with Crippen molar-refractivity contribution in [3.8, 4) is 0 Å². The molecule has 4 N–H and O–H groups in total. The van der Waals surface area contributed by atoms with Gasteiger partial charge in [0.1, 0.15) is 11.7 Å². The molecule has 3 rings (SSSR count). The lowest BCUT2D eigenvalue weighted by Crippen LogP contribution is -2.53. The Hall–Kier alpha value is -3.19. The minimum atomic E-state index is -0.670. The molecule has 0 aliphatic carbocycles. The van der Waals surface area contributed by atoms with Crippen LogP contribution in [0, 0.1) is 12.8 Å². The van der Waals surface area contributed by atoms with Crippen molar-refractivity contribution in [2.75, 3.05) is 6.54 Å². The summed E-state index contributed by atoms with van der Waals surface area (Å²) in [5, 5.41) is 10.1. The van der Waals surface area contributed by atoms with Crippen LogP contribution in [0.4, 0.5) is 0 Å². The zero-order chi connectivity index (χ0) is 23.1. The number of pyridine rings is 1. The Morgan fingerprint density at radius 1 is 1.06 bits per heavy atom. The van der Waals surface area contributed by atoms with Crippen molar-refractivity contribution in [2.45, 2.75) is 52.7 Å². The van der Waals surface area contributed by atoms with E-state index in [0.717, 1.165) is 34.3 Å². The van der Waals surface area contributed by atoms with Crippen molar-refractivity contribution >= 4 is 22.8 Å². The van der Waals surface area contributed by atoms with E-state index in [0.29, 0.717) is 18.9 Å². The highest BCUT2D eigenvalue weighted by Gasteiger charge is 2.24. The minimum absolute atomic E-state index is 0.186. The molecule has 0 unspecified atom stereocenters. The Morgan fingerprint density at radius 2 is 1.88 bits per heavy atom. The molecule has 0 fully saturated rings. The number of nitrogens with zero attached hydrogens (tertiary/aromatic N) is 1. The lowest BCUT2D eigenvalue weighted by molar-refractivity contribution is -0.129. The molecular formula is C25H33N5O2. The number of rotatable bonds is 10. The summed E-state index contributed by atoms with van der Waals surface area (Å²) in [5.74, 6) is 0.0292. The highest BCUT2D eigenvalue weighted by Crippen LogP contribution is 2.12. The fourth-order valence-electron chi connectivity index (χ4n) is 3.48. The Labute approximate surface area is 189 Å². The number of hydrogen-bond acceptors (Lipinski definition) is 4. The fraction of sp³-hybridized carbons (Fsp3) is 0.400. The summed E-state index contributed by atoms with van der Waals surface area (Å²) < 4.78 is 0. The van der Waals surface area contributed by atoms with Crippen LogP contribution >= 0.6 is 0 Å². The summed E-state index contributed by atoms with van der Waals surface area (Å²) in [6.45, 7) is 9.08. The van der Waals surface area contributed by atoms with E-state index < -0.39 is 6.04 Å². The van der Waals surface area contributed by atoms with Crippen LogP contribution in [-0.2, 0) is 22.6 Å². The molecule has 0 aliphatic heterocycles. The van der Waals surface area contributed by atoms with Crippen molar-refractivity contribution in [1.82, 2.24) is 25.9 Å². The maximum absolute atomic E-state index is 13.1. The zero-order valence-electron chi connectivity index (χ0n) is 19.2. The van der Waals surface area contributed by atoms with E-state index in [-0.39, 0.29) is 17.9 Å². The zero-order valence-corrected chi connectivity index (χ0v) is 19.2. The summed E-state index contributed by atoms with van der Waals surface area (Å²) in [5.41, 5.74) is 3.83. The molecule has 3 aromatic rings. The van der Waals surface area contributed by atoms with Gasteiger partial charge in [0, 0.05) is 30.7 Å². The first-order chi connectivity index (χ1) is 15.3. The van der Waals surface area contributed by atoms with Gasteiger partial charge in [-0.15, -0.1) is 0 Å². The van der Waals surface area contributed by atoms with Crippen molar-refractivity contribution < 1.29 is 9.59 Å². The number of aryl methyl sites for hydroxylation is 1. The number of H-pyrrole nitrogens is 1. The second kappa shape index (κ2) is 10.9. The van der Waals surface area contributed by atoms with E-state index in [9.17, 15) is 9.59 Å². The number of amides is 2. The normalized spacial score (nSPS) is 13.2. The number of carbonyl (C=O) groups is 2. The fourth-order valence-corrected chi connectivity index (χ4v) is 3.48. The second-order valence-corrected chi connectivity index (χ2v) is 8.76. The maximum atomic E-state index is 13.1. The van der Waals surface area contributed by atoms with Gasteiger partial charge < -0.3 is 20.9 Å². The van der Waals surface area contributed by atoms with Gasteiger partial charge in [0.2, 0.25) is 11.8 Å². The molecule has 0 saturated carbocycles. The molecule has 0 spiro atoms. The van der Waals surface area contributed by atoms with Gasteiger partial charge in [-0.3, -0.25) is 9.59 Å². The van der Waals surface area contributed by atoms with Crippen molar-refractivity contribution in [2.24, 2.45) is 5.92 Å². The van der Waals surface area contributed by atoms with Crippen LogP contribution in [0.2, 0.25) is 0 Å². The molecule has 2 atom stereocenters. The molecule has 170 valence electrons. The molecule has 0 saturated heterocycles. The standard InChI is InChI=1S/C25H33N5O2/c1-16(2)13-27-18(4)24(31)30-22(12-19-7-5-6-17(3)10-19)25(32)29-15-20-11-21-8-9-26-23(21)28-14-20/h5-11,14,16,18,22,27H,12-13,15H2,1-4H3,(H,26,28)(H,29,32)(H,30,31)/t18-,22-/m0/s1. The Morgan fingerprint density at radius 3 is 2.62 bits per heavy atom. The van der Waals surface area contributed by atoms with Crippen LogP contribution in [-0.4, -0.2) is 40.4 Å². The van der Waals surface area contributed by atoms with Crippen LogP contribution in [0.3, 0.4) is 0 Å². The van der Waals surface area contributed by atoms with Crippen LogP contribution in [0.15, 0.2) is 48.8 Å². The third-order valence-corrected chi connectivity index (χ3v) is 5.30. The summed E-state index contributed by atoms with van der Waals surface area (Å²) in [6, 6.07) is 10.9. The SMILES string of the molecule is Cc1cccc(C[C@H](NC(=O)[C@H](C)NCC(C)C)C(=O)NCc2cnc3[nH]ccc3c2)c1. The molecule has 0 bridgehead atoms. The van der Waals surface area contributed by atoms with Gasteiger partial charge in [-0.25, -0.2) is 4.98 Å². The maximum Gasteiger partial charge on any atom is 0.243 e. The van der Waals surface area contributed by atoms with E-state index in [1.807, 2.05) is 56.4 Å². The molecule has 7 heteroatoms. The lowest BCUT2D eigenvalue weighted by atomic mass is 10.0. The van der Waals surface area contributed by atoms with Gasteiger partial charge in [-0.2, -0.15) is 0 Å². The first-order valence-corrected chi connectivity index (χ1v) is 11.1. The average molecular weight is 436 g/mol. The predicted molar refractivity (Wildman–Crippen MR) is 127 cm³/mol. The summed E-state index contributed by atoms with van der Waals surface area (Å²) in [4.78, 5) is 33.2. The Bertz CT molecular complexity index is 1060. The summed E-state index contributed by atoms with van der Waals surface area (Å²) >= 11 is 0. The largest absolute Gasteiger partial charge is 0.350 e. The molecule has 0 radical (unpaired) electrons. The molecule has 0 aliphatic rings. The van der Waals surface area contributed by atoms with E-state index in [4.69, 9.17) is 0 Å². The number of carbonyl (C=O) groups excluding carboxylic acids is 2. The third kappa shape index (κ3) is 6.65. The number of hydrogen-bond donors (Lipinski definition) is 4. The Kier molecular flexibility index (Phi) is 8.00. The van der Waals surface area contributed by atoms with Crippen LogP contribution in [0.5, 0.6) is 0 Å². The van der Waals surface area contributed by atoms with Gasteiger partial charge in [0.25, 0.3) is 0 Å². The highest BCUT2D eigenvalue weighted by atomic mass is 16.2. The van der Waals surface area contributed by atoms with Crippen LogP contribution < -0.4 is 16.0 Å². The van der Waals surface area contributed by atoms with Crippen LogP contribution in [0.1, 0.15) is 37.5 Å². The second-order valence-electron chi connectivity index (χ2n) is 8.76. The molecular weight excluding hydrogens is 402 g/mol. The lowest BCUT2D eigenvalue weighted by Gasteiger charge is -2.22. The van der Waals surface area contributed by atoms with Crippen LogP contribution in [0.25, 0.3) is 11.0 Å². The third-order valence-electron chi connectivity index (χ3n) is 5.30. The van der Waals surface area contributed by atoms with E-state index in [1.165, 1.54) is 0 Å². The average Bonchev–Trinajstić information content (AvgIpc) is 3.23. The number of fused-ring (bicyclic) bond motifs is 1. The summed E-state index contributed by atoms with van der Waals surface area (Å²) in [7, 11) is 0. The van der Waals surface area contributed by atoms with Gasteiger partial charge in [-0.1, -0.05) is 43.7 Å². The van der Waals surface area contributed by atoms with Gasteiger partial charge in [-0.05, 0) is 49.6 Å². The van der Waals surface area contributed by atoms with E-state index in [1.54, 1.807) is 6.20 Å². The molecule has 2 amide bonds. The first kappa shape index (κ1) is 23.5. The molecule has 2 aromatic heterocycles. The molecule has 7 nitrogen and oxygen atoms in total. The predicted octanol–water partition coefficient (Wildman–Crippen LogP) is 2.85. The number of benzene rings is 1. The van der Waals surface area contributed by atoms with Gasteiger partial charge in [0.05, 0.1) is 6.04 Å². The summed E-state index contributed by atoms with van der Waals surface area (Å²) in [6.07, 6.45) is 4.00. The van der Waals surface area contributed by atoms with Gasteiger partial charge in [0.15, 0.2) is 0 Å². The quantitative estimate of drug-likeness (QED) is 0.394. The number of aromatic amines is 1. The molecule has 32 heavy (non-hydrogen) atoms. The first-order valence-electron chi connectivity index (χ1n) is 11.1. The molecule has 1 aromatic carbocycles. The van der Waals surface area contributed by atoms with Gasteiger partial charge >= 0.3 is 0 Å². The van der Waals surface area contributed by atoms with E-state index >= 15 is 0 Å². The number of nitrogens with one attached hydrogen (secondary N) is 4. The van der Waals surface area contributed by atoms with Crippen molar-refractivity contribution in [3.05, 3.63) is 65.5 Å². The van der Waals surface area contributed by atoms with E-state index in [2.05, 4.69) is 39.8 Å². The van der Waals surface area contributed by atoms with Crippen molar-refractivity contribution in [1.29, 1.82) is 0 Å². The number of aromatic nitrogens is 2. The Balaban J connectivity index is 1.68. The topological polar surface area (TPSA) is 98.9 Å². The van der Waals surface area contributed by atoms with Crippen molar-refractivity contribution in [3.63, 3.8) is 0 Å². The minimum Gasteiger partial charge on any atom is -0.350 e.